The van der Waals surface area contributed by atoms with Crippen LogP contribution in [0.15, 0.2) is 29.0 Å². The van der Waals surface area contributed by atoms with Gasteiger partial charge in [-0.25, -0.2) is 4.98 Å². The van der Waals surface area contributed by atoms with Crippen LogP contribution in [0.3, 0.4) is 0 Å². The lowest BCUT2D eigenvalue weighted by molar-refractivity contribution is -0.137. The molecule has 1 aliphatic carbocycles. The average molecular weight is 409 g/mol. The zero-order valence-electron chi connectivity index (χ0n) is 15.3. The van der Waals surface area contributed by atoms with E-state index in [-0.39, 0.29) is 29.4 Å². The summed E-state index contributed by atoms with van der Waals surface area (Å²) in [7, 11) is 0. The highest BCUT2D eigenvalue weighted by atomic mass is 19.4. The number of nitrogens with one attached hydrogen (secondary N) is 1. The zero-order chi connectivity index (χ0) is 20.6. The largest absolute Gasteiger partial charge is 0.431 e. The molecule has 0 bridgehead atoms. The Labute approximate surface area is 163 Å². The molecule has 2 amide bonds. The Balaban J connectivity index is 1.32. The summed E-state index contributed by atoms with van der Waals surface area (Å²) in [5.74, 6) is -0.0752. The number of oxazole rings is 1. The number of amides is 2. The maximum Gasteiger partial charge on any atom is 0.417 e. The van der Waals surface area contributed by atoms with Gasteiger partial charge in [0.15, 0.2) is 5.69 Å². The lowest BCUT2D eigenvalue weighted by atomic mass is 10.2. The number of hydrogen-bond acceptors (Lipinski definition) is 6. The molecule has 0 spiro atoms. The number of pyridine rings is 1. The zero-order valence-corrected chi connectivity index (χ0v) is 15.3. The standard InChI is InChI=1S/C18H18F3N5O3/c19-18(20,21)12-3-4-14(22-9-12)25-5-7-26(8-6-25)16(28)13-10-29-17(23-13)24-15(27)11-1-2-11/h3-4,9-11H,1-2,5-8H2,(H,23,24,27). The first-order valence-electron chi connectivity index (χ1n) is 9.15. The van der Waals surface area contributed by atoms with Gasteiger partial charge in [-0.05, 0) is 25.0 Å². The Bertz CT molecular complexity index is 900. The number of halogens is 3. The van der Waals surface area contributed by atoms with E-state index >= 15 is 0 Å². The fraction of sp³-hybridized carbons (Fsp3) is 0.444. The molecule has 154 valence electrons. The molecule has 1 N–H and O–H groups in total. The molecule has 0 atom stereocenters. The summed E-state index contributed by atoms with van der Waals surface area (Å²) in [5.41, 5.74) is -0.706. The van der Waals surface area contributed by atoms with Crippen molar-refractivity contribution in [1.29, 1.82) is 0 Å². The molecule has 11 heteroatoms. The van der Waals surface area contributed by atoms with E-state index in [4.69, 9.17) is 4.42 Å². The van der Waals surface area contributed by atoms with E-state index in [9.17, 15) is 22.8 Å². The van der Waals surface area contributed by atoms with Crippen LogP contribution in [0, 0.1) is 5.92 Å². The number of nitrogens with zero attached hydrogens (tertiary/aromatic N) is 4. The van der Waals surface area contributed by atoms with Crippen LogP contribution >= 0.6 is 0 Å². The SMILES string of the molecule is O=C(Nc1nc(C(=O)N2CCN(c3ccc(C(F)(F)F)cn3)CC2)co1)C1CC1. The van der Waals surface area contributed by atoms with Gasteiger partial charge in [-0.2, -0.15) is 18.2 Å². The highest BCUT2D eigenvalue weighted by molar-refractivity contribution is 5.94. The molecule has 4 rings (SSSR count). The minimum atomic E-state index is -4.43. The molecule has 1 aliphatic heterocycles. The van der Waals surface area contributed by atoms with Gasteiger partial charge in [-0.3, -0.25) is 14.9 Å². The third kappa shape index (κ3) is 4.33. The van der Waals surface area contributed by atoms with Crippen LogP contribution in [0.4, 0.5) is 25.0 Å². The van der Waals surface area contributed by atoms with E-state index in [1.165, 1.54) is 12.3 Å². The molecule has 8 nitrogen and oxygen atoms in total. The number of anilines is 2. The fourth-order valence-corrected chi connectivity index (χ4v) is 3.02. The van der Waals surface area contributed by atoms with Crippen LogP contribution in [0.5, 0.6) is 0 Å². The molecule has 3 heterocycles. The topological polar surface area (TPSA) is 91.6 Å². The van der Waals surface area contributed by atoms with Crippen molar-refractivity contribution in [3.05, 3.63) is 35.9 Å². The maximum atomic E-state index is 12.6. The smallest absolute Gasteiger partial charge is 0.417 e. The van der Waals surface area contributed by atoms with Gasteiger partial charge < -0.3 is 14.2 Å². The third-order valence-electron chi connectivity index (χ3n) is 4.87. The van der Waals surface area contributed by atoms with Gasteiger partial charge in [0.05, 0.1) is 5.56 Å². The number of hydrogen-bond donors (Lipinski definition) is 1. The Morgan fingerprint density at radius 1 is 1.14 bits per heavy atom. The van der Waals surface area contributed by atoms with Crippen molar-refractivity contribution in [2.45, 2.75) is 19.0 Å². The van der Waals surface area contributed by atoms with Crippen LogP contribution in [0.25, 0.3) is 0 Å². The van der Waals surface area contributed by atoms with E-state index in [2.05, 4.69) is 15.3 Å². The molecular weight excluding hydrogens is 391 g/mol. The number of alkyl halides is 3. The monoisotopic (exact) mass is 409 g/mol. The van der Waals surface area contributed by atoms with Crippen molar-refractivity contribution < 1.29 is 27.2 Å². The van der Waals surface area contributed by atoms with Crippen molar-refractivity contribution >= 4 is 23.6 Å². The van der Waals surface area contributed by atoms with Crippen molar-refractivity contribution in [2.75, 3.05) is 36.4 Å². The van der Waals surface area contributed by atoms with Gasteiger partial charge in [0.1, 0.15) is 12.1 Å². The number of carbonyl (C=O) groups is 2. The Morgan fingerprint density at radius 2 is 1.86 bits per heavy atom. The molecule has 0 radical (unpaired) electrons. The van der Waals surface area contributed by atoms with Crippen LogP contribution in [-0.2, 0) is 11.0 Å². The van der Waals surface area contributed by atoms with E-state index < -0.39 is 11.7 Å². The first-order chi connectivity index (χ1) is 13.8. The van der Waals surface area contributed by atoms with E-state index in [0.29, 0.717) is 32.0 Å². The Morgan fingerprint density at radius 3 is 2.45 bits per heavy atom. The lowest BCUT2D eigenvalue weighted by Gasteiger charge is -2.35. The highest BCUT2D eigenvalue weighted by Gasteiger charge is 2.32. The van der Waals surface area contributed by atoms with Crippen LogP contribution in [0.2, 0.25) is 0 Å². The maximum absolute atomic E-state index is 12.6. The van der Waals surface area contributed by atoms with Crippen molar-refractivity contribution in [3.8, 4) is 0 Å². The quantitative estimate of drug-likeness (QED) is 0.834. The molecule has 0 aromatic carbocycles. The third-order valence-corrected chi connectivity index (χ3v) is 4.87. The molecule has 1 saturated heterocycles. The van der Waals surface area contributed by atoms with Crippen LogP contribution in [-0.4, -0.2) is 52.9 Å². The van der Waals surface area contributed by atoms with Gasteiger partial charge >= 0.3 is 12.2 Å². The molecule has 29 heavy (non-hydrogen) atoms. The summed E-state index contributed by atoms with van der Waals surface area (Å²) >= 11 is 0. The highest BCUT2D eigenvalue weighted by Crippen LogP contribution is 2.30. The predicted octanol–water partition coefficient (Wildman–Crippen LogP) is 2.40. The normalized spacial score (nSPS) is 17.3. The molecular formula is C18H18F3N5O3. The molecule has 0 unspecified atom stereocenters. The van der Waals surface area contributed by atoms with Gasteiger partial charge in [0.25, 0.3) is 5.91 Å². The number of aromatic nitrogens is 2. The minimum absolute atomic E-state index is 0.00200. The predicted molar refractivity (Wildman–Crippen MR) is 95.2 cm³/mol. The van der Waals surface area contributed by atoms with E-state index in [0.717, 1.165) is 25.1 Å². The number of carbonyl (C=O) groups excluding carboxylic acids is 2. The van der Waals surface area contributed by atoms with Gasteiger partial charge in [-0.1, -0.05) is 0 Å². The molecule has 2 aliphatic rings. The first kappa shape index (κ1) is 19.2. The summed E-state index contributed by atoms with van der Waals surface area (Å²) in [4.78, 5) is 35.6. The summed E-state index contributed by atoms with van der Waals surface area (Å²) in [6.45, 7) is 1.57. The second-order valence-corrected chi connectivity index (χ2v) is 6.98. The minimum Gasteiger partial charge on any atom is -0.431 e. The van der Waals surface area contributed by atoms with Crippen molar-refractivity contribution in [1.82, 2.24) is 14.9 Å². The lowest BCUT2D eigenvalue weighted by Crippen LogP contribution is -2.49. The summed E-state index contributed by atoms with van der Waals surface area (Å²) in [5, 5.41) is 2.54. The summed E-state index contributed by atoms with van der Waals surface area (Å²) in [6.07, 6.45) is -0.730. The summed E-state index contributed by atoms with van der Waals surface area (Å²) in [6, 6.07) is 2.32. The van der Waals surface area contributed by atoms with Gasteiger partial charge in [0, 0.05) is 38.3 Å². The number of rotatable bonds is 4. The molecule has 2 fully saturated rings. The molecule has 1 saturated carbocycles. The van der Waals surface area contributed by atoms with Crippen LogP contribution in [0.1, 0.15) is 28.9 Å². The average Bonchev–Trinajstić information content (AvgIpc) is 3.47. The first-order valence-corrected chi connectivity index (χ1v) is 9.15. The molecule has 2 aromatic rings. The summed E-state index contributed by atoms with van der Waals surface area (Å²) < 4.78 is 43.1. The van der Waals surface area contributed by atoms with Crippen molar-refractivity contribution in [3.63, 3.8) is 0 Å². The second-order valence-electron chi connectivity index (χ2n) is 6.98. The van der Waals surface area contributed by atoms with Crippen molar-refractivity contribution in [2.24, 2.45) is 5.92 Å². The van der Waals surface area contributed by atoms with E-state index in [1.807, 2.05) is 4.90 Å². The molecule has 2 aromatic heterocycles. The van der Waals surface area contributed by atoms with E-state index in [1.54, 1.807) is 4.90 Å². The Hall–Kier alpha value is -3.11. The van der Waals surface area contributed by atoms with Gasteiger partial charge in [-0.15, -0.1) is 0 Å². The Kier molecular flexibility index (Phi) is 4.89. The number of piperazine rings is 1. The fourth-order valence-electron chi connectivity index (χ4n) is 3.02. The van der Waals surface area contributed by atoms with Gasteiger partial charge in [0.2, 0.25) is 5.91 Å². The van der Waals surface area contributed by atoms with Crippen LogP contribution < -0.4 is 10.2 Å². The second kappa shape index (κ2) is 7.37.